The molecule has 1 aromatic carbocycles. The average Bonchev–Trinajstić information content (AvgIpc) is 2.87. The third-order valence-corrected chi connectivity index (χ3v) is 3.66. The van der Waals surface area contributed by atoms with E-state index >= 15 is 0 Å². The van der Waals surface area contributed by atoms with E-state index < -0.39 is 0 Å². The first kappa shape index (κ1) is 13.3. The topological polar surface area (TPSA) is 77.8 Å². The molecular formula is C13H8Br2N4O. The maximum atomic E-state index is 5.80. The lowest BCUT2D eigenvalue weighted by molar-refractivity contribution is 0.432. The molecule has 20 heavy (non-hydrogen) atoms. The molecule has 0 amide bonds. The summed E-state index contributed by atoms with van der Waals surface area (Å²) in [5, 5.41) is 3.95. The molecular weight excluding hydrogens is 388 g/mol. The molecule has 0 bridgehead atoms. The van der Waals surface area contributed by atoms with E-state index in [9.17, 15) is 0 Å². The summed E-state index contributed by atoms with van der Waals surface area (Å²) in [5.74, 6) is 0.816. The zero-order valence-corrected chi connectivity index (χ0v) is 13.2. The monoisotopic (exact) mass is 394 g/mol. The van der Waals surface area contributed by atoms with Crippen LogP contribution in [0.3, 0.4) is 0 Å². The number of nitrogen functional groups attached to an aromatic ring is 1. The van der Waals surface area contributed by atoms with Gasteiger partial charge in [0.2, 0.25) is 5.82 Å². The van der Waals surface area contributed by atoms with Crippen molar-refractivity contribution in [2.24, 2.45) is 0 Å². The summed E-state index contributed by atoms with van der Waals surface area (Å²) >= 11 is 6.79. The minimum absolute atomic E-state index is 0.394. The molecule has 0 radical (unpaired) electrons. The van der Waals surface area contributed by atoms with Crippen LogP contribution >= 0.6 is 31.9 Å². The highest BCUT2D eigenvalue weighted by molar-refractivity contribution is 9.10. The van der Waals surface area contributed by atoms with E-state index in [-0.39, 0.29) is 0 Å². The van der Waals surface area contributed by atoms with Crippen LogP contribution in [0.15, 0.2) is 50.0 Å². The standard InChI is InChI=1S/C13H8Br2N4O/c14-8-4-7(5-9(16)6-8)13-18-12(19-20-13)11-10(15)2-1-3-17-11/h1-6H,16H2. The molecule has 0 saturated heterocycles. The number of halogens is 2. The Morgan fingerprint density at radius 2 is 2.00 bits per heavy atom. The molecule has 0 unspecified atom stereocenters. The zero-order chi connectivity index (χ0) is 14.1. The number of rotatable bonds is 2. The van der Waals surface area contributed by atoms with Gasteiger partial charge in [0.25, 0.3) is 5.89 Å². The molecule has 100 valence electrons. The van der Waals surface area contributed by atoms with Crippen LogP contribution < -0.4 is 5.73 Å². The Balaban J connectivity index is 2.04. The second kappa shape index (κ2) is 5.34. The Morgan fingerprint density at radius 1 is 1.15 bits per heavy atom. The van der Waals surface area contributed by atoms with Crippen LogP contribution in [0.4, 0.5) is 5.69 Å². The lowest BCUT2D eigenvalue weighted by Crippen LogP contribution is -1.88. The lowest BCUT2D eigenvalue weighted by atomic mass is 10.2. The Labute approximate surface area is 131 Å². The summed E-state index contributed by atoms with van der Waals surface area (Å²) in [6.45, 7) is 0. The molecule has 0 fully saturated rings. The number of aromatic nitrogens is 3. The van der Waals surface area contributed by atoms with E-state index in [1.165, 1.54) is 0 Å². The Bertz CT molecular complexity index is 752. The van der Waals surface area contributed by atoms with Crippen molar-refractivity contribution in [3.05, 3.63) is 45.5 Å². The minimum Gasteiger partial charge on any atom is -0.399 e. The molecule has 0 aliphatic heterocycles. The van der Waals surface area contributed by atoms with Crippen molar-refractivity contribution >= 4 is 37.5 Å². The molecule has 2 aromatic heterocycles. The fraction of sp³-hybridized carbons (Fsp3) is 0. The minimum atomic E-state index is 0.394. The number of nitrogens with two attached hydrogens (primary N) is 1. The molecule has 0 aliphatic carbocycles. The van der Waals surface area contributed by atoms with Crippen LogP contribution in [-0.4, -0.2) is 15.1 Å². The van der Waals surface area contributed by atoms with Crippen molar-refractivity contribution in [2.75, 3.05) is 5.73 Å². The average molecular weight is 396 g/mol. The second-order valence-electron chi connectivity index (χ2n) is 4.03. The molecule has 2 heterocycles. The fourth-order valence-electron chi connectivity index (χ4n) is 1.72. The molecule has 0 saturated carbocycles. The predicted octanol–water partition coefficient (Wildman–Crippen LogP) is 3.91. The van der Waals surface area contributed by atoms with Crippen molar-refractivity contribution in [3.8, 4) is 23.0 Å². The lowest BCUT2D eigenvalue weighted by Gasteiger charge is -1.98. The smallest absolute Gasteiger partial charge is 0.258 e. The predicted molar refractivity (Wildman–Crippen MR) is 82.8 cm³/mol. The van der Waals surface area contributed by atoms with E-state index in [1.54, 1.807) is 18.3 Å². The SMILES string of the molecule is Nc1cc(Br)cc(-c2nc(-c3ncccc3Br)no2)c1. The number of pyridine rings is 1. The number of anilines is 1. The molecule has 0 spiro atoms. The molecule has 3 rings (SSSR count). The van der Waals surface area contributed by atoms with Crippen molar-refractivity contribution in [2.45, 2.75) is 0 Å². The van der Waals surface area contributed by atoms with Gasteiger partial charge in [-0.2, -0.15) is 4.98 Å². The maximum Gasteiger partial charge on any atom is 0.258 e. The summed E-state index contributed by atoms with van der Waals surface area (Å²) in [7, 11) is 0. The number of nitrogens with zero attached hydrogens (tertiary/aromatic N) is 3. The van der Waals surface area contributed by atoms with Crippen LogP contribution in [0.2, 0.25) is 0 Å². The van der Waals surface area contributed by atoms with E-state index in [1.807, 2.05) is 18.2 Å². The molecule has 7 heteroatoms. The quantitative estimate of drug-likeness (QED) is 0.665. The van der Waals surface area contributed by atoms with E-state index in [0.717, 1.165) is 14.5 Å². The Hall–Kier alpha value is -1.73. The summed E-state index contributed by atoms with van der Waals surface area (Å²) < 4.78 is 6.93. The van der Waals surface area contributed by atoms with Crippen LogP contribution in [0.5, 0.6) is 0 Å². The van der Waals surface area contributed by atoms with Gasteiger partial charge in [-0.15, -0.1) is 0 Å². The summed E-state index contributed by atoms with van der Waals surface area (Å²) in [6.07, 6.45) is 1.67. The molecule has 0 aliphatic rings. The summed E-state index contributed by atoms with van der Waals surface area (Å²) in [6, 6.07) is 9.13. The highest BCUT2D eigenvalue weighted by Crippen LogP contribution is 2.28. The summed E-state index contributed by atoms with van der Waals surface area (Å²) in [4.78, 5) is 8.57. The molecule has 5 nitrogen and oxygen atoms in total. The first-order chi connectivity index (χ1) is 9.63. The fourth-order valence-corrected chi connectivity index (χ4v) is 2.67. The third kappa shape index (κ3) is 2.59. The first-order valence-electron chi connectivity index (χ1n) is 5.64. The van der Waals surface area contributed by atoms with Crippen molar-refractivity contribution in [1.29, 1.82) is 0 Å². The van der Waals surface area contributed by atoms with E-state index in [0.29, 0.717) is 23.1 Å². The van der Waals surface area contributed by atoms with Crippen molar-refractivity contribution in [3.63, 3.8) is 0 Å². The van der Waals surface area contributed by atoms with Crippen molar-refractivity contribution < 1.29 is 4.52 Å². The van der Waals surface area contributed by atoms with Gasteiger partial charge in [-0.05, 0) is 46.3 Å². The third-order valence-electron chi connectivity index (χ3n) is 2.56. The van der Waals surface area contributed by atoms with Gasteiger partial charge in [-0.1, -0.05) is 21.1 Å². The number of benzene rings is 1. The van der Waals surface area contributed by atoms with Crippen LogP contribution in [-0.2, 0) is 0 Å². The van der Waals surface area contributed by atoms with Gasteiger partial charge in [-0.25, -0.2) is 0 Å². The van der Waals surface area contributed by atoms with E-state index in [2.05, 4.69) is 47.0 Å². The summed E-state index contributed by atoms with van der Waals surface area (Å²) in [5.41, 5.74) is 7.80. The van der Waals surface area contributed by atoms with Gasteiger partial charge in [0.05, 0.1) is 0 Å². The Kier molecular flexibility index (Phi) is 3.54. The second-order valence-corrected chi connectivity index (χ2v) is 5.80. The molecule has 0 atom stereocenters. The van der Waals surface area contributed by atoms with Crippen LogP contribution in [0.1, 0.15) is 0 Å². The van der Waals surface area contributed by atoms with Gasteiger partial charge in [-0.3, -0.25) is 4.98 Å². The van der Waals surface area contributed by atoms with Gasteiger partial charge in [0, 0.05) is 26.4 Å². The zero-order valence-electron chi connectivity index (χ0n) is 10.0. The van der Waals surface area contributed by atoms with E-state index in [4.69, 9.17) is 10.3 Å². The first-order valence-corrected chi connectivity index (χ1v) is 7.23. The van der Waals surface area contributed by atoms with Crippen LogP contribution in [0.25, 0.3) is 23.0 Å². The highest BCUT2D eigenvalue weighted by atomic mass is 79.9. The number of hydrogen-bond acceptors (Lipinski definition) is 5. The molecule has 2 N–H and O–H groups in total. The van der Waals surface area contributed by atoms with Crippen molar-refractivity contribution in [1.82, 2.24) is 15.1 Å². The van der Waals surface area contributed by atoms with Gasteiger partial charge in [0.15, 0.2) is 0 Å². The molecule has 3 aromatic rings. The maximum absolute atomic E-state index is 5.80. The van der Waals surface area contributed by atoms with Gasteiger partial charge < -0.3 is 10.3 Å². The Morgan fingerprint density at radius 3 is 2.75 bits per heavy atom. The normalized spacial score (nSPS) is 10.7. The van der Waals surface area contributed by atoms with Gasteiger partial charge >= 0.3 is 0 Å². The number of hydrogen-bond donors (Lipinski definition) is 1. The van der Waals surface area contributed by atoms with Gasteiger partial charge in [0.1, 0.15) is 5.69 Å². The largest absolute Gasteiger partial charge is 0.399 e. The highest BCUT2D eigenvalue weighted by Gasteiger charge is 2.14. The van der Waals surface area contributed by atoms with Crippen LogP contribution in [0, 0.1) is 0 Å².